The minimum absolute atomic E-state index is 0.308. The van der Waals surface area contributed by atoms with Crippen molar-refractivity contribution in [2.24, 2.45) is 0 Å². The molecule has 0 bridgehead atoms. The van der Waals surface area contributed by atoms with Crippen LogP contribution in [0.3, 0.4) is 0 Å². The molecule has 2 aromatic rings. The Bertz CT molecular complexity index is 516. The van der Waals surface area contributed by atoms with Crippen molar-refractivity contribution >= 4 is 23.0 Å². The first-order valence-corrected chi connectivity index (χ1v) is 6.20. The number of hydrogen-bond acceptors (Lipinski definition) is 3. The molecule has 0 aliphatic rings. The van der Waals surface area contributed by atoms with Gasteiger partial charge in [-0.05, 0) is 53.1 Å². The lowest BCUT2D eigenvalue weighted by molar-refractivity contribution is 0.0697. The summed E-state index contributed by atoms with van der Waals surface area (Å²) in [5, 5.41) is 16.3. The Hall–Kier alpha value is -1.81. The van der Waals surface area contributed by atoms with Gasteiger partial charge < -0.3 is 10.4 Å². The van der Waals surface area contributed by atoms with Gasteiger partial charge in [0.25, 0.3) is 0 Å². The summed E-state index contributed by atoms with van der Waals surface area (Å²) in [7, 11) is 0. The van der Waals surface area contributed by atoms with E-state index < -0.39 is 5.97 Å². The minimum atomic E-state index is -0.898. The van der Waals surface area contributed by atoms with Crippen LogP contribution in [0.5, 0.6) is 0 Å². The molecule has 2 rings (SSSR count). The summed E-state index contributed by atoms with van der Waals surface area (Å²) in [6, 6.07) is 6.77. The van der Waals surface area contributed by atoms with Gasteiger partial charge in [0.2, 0.25) is 0 Å². The Labute approximate surface area is 104 Å². The maximum Gasteiger partial charge on any atom is 0.335 e. The Morgan fingerprint density at radius 3 is 2.53 bits per heavy atom. The zero-order chi connectivity index (χ0) is 12.3. The van der Waals surface area contributed by atoms with Crippen LogP contribution in [0.15, 0.2) is 35.0 Å². The number of benzene rings is 1. The third-order valence-electron chi connectivity index (χ3n) is 2.58. The maximum atomic E-state index is 10.7. The smallest absolute Gasteiger partial charge is 0.335 e. The van der Waals surface area contributed by atoms with E-state index in [9.17, 15) is 4.79 Å². The Kier molecular flexibility index (Phi) is 3.44. The molecule has 1 aromatic heterocycles. The molecule has 4 heteroatoms. The van der Waals surface area contributed by atoms with Crippen LogP contribution in [-0.4, -0.2) is 11.1 Å². The van der Waals surface area contributed by atoms with Crippen molar-refractivity contribution in [1.82, 2.24) is 0 Å². The van der Waals surface area contributed by atoms with E-state index in [-0.39, 0.29) is 0 Å². The molecule has 1 heterocycles. The molecule has 0 saturated carbocycles. The van der Waals surface area contributed by atoms with Crippen LogP contribution in [0.25, 0.3) is 0 Å². The van der Waals surface area contributed by atoms with E-state index in [1.54, 1.807) is 35.6 Å². The highest BCUT2D eigenvalue weighted by Gasteiger charge is 2.02. The van der Waals surface area contributed by atoms with Crippen LogP contribution in [-0.2, 0) is 6.54 Å². The second-order valence-corrected chi connectivity index (χ2v) is 4.56. The summed E-state index contributed by atoms with van der Waals surface area (Å²) in [5.41, 5.74) is 3.80. The molecule has 0 atom stereocenters. The molecule has 0 fully saturated rings. The van der Waals surface area contributed by atoms with Crippen LogP contribution >= 0.6 is 11.3 Å². The molecule has 1 aromatic carbocycles. The highest BCUT2D eigenvalue weighted by molar-refractivity contribution is 7.08. The summed E-state index contributed by atoms with van der Waals surface area (Å²) in [5.74, 6) is -0.898. The first-order chi connectivity index (χ1) is 8.16. The Balaban J connectivity index is 2.00. The molecule has 17 heavy (non-hydrogen) atoms. The quantitative estimate of drug-likeness (QED) is 0.871. The van der Waals surface area contributed by atoms with Gasteiger partial charge in [0, 0.05) is 12.2 Å². The molecule has 0 radical (unpaired) electrons. The number of carboxylic acids is 1. The van der Waals surface area contributed by atoms with Crippen LogP contribution < -0.4 is 5.32 Å². The average molecular weight is 247 g/mol. The first-order valence-electron chi connectivity index (χ1n) is 5.25. The Morgan fingerprint density at radius 2 is 2.00 bits per heavy atom. The molecule has 88 valence electrons. The van der Waals surface area contributed by atoms with Gasteiger partial charge in [-0.1, -0.05) is 0 Å². The highest BCUT2D eigenvalue weighted by atomic mass is 32.1. The van der Waals surface area contributed by atoms with Crippen molar-refractivity contribution < 1.29 is 9.90 Å². The van der Waals surface area contributed by atoms with Crippen LogP contribution in [0.4, 0.5) is 5.69 Å². The van der Waals surface area contributed by atoms with E-state index in [0.29, 0.717) is 5.56 Å². The normalized spacial score (nSPS) is 10.2. The van der Waals surface area contributed by atoms with Gasteiger partial charge in [-0.25, -0.2) is 4.79 Å². The summed E-state index contributed by atoms with van der Waals surface area (Å²) in [4.78, 5) is 10.7. The van der Waals surface area contributed by atoms with Crippen LogP contribution in [0.1, 0.15) is 21.5 Å². The van der Waals surface area contributed by atoms with Gasteiger partial charge in [-0.3, -0.25) is 0 Å². The van der Waals surface area contributed by atoms with Gasteiger partial charge in [0.15, 0.2) is 0 Å². The zero-order valence-corrected chi connectivity index (χ0v) is 10.3. The van der Waals surface area contributed by atoms with Crippen molar-refractivity contribution in [2.45, 2.75) is 13.5 Å². The maximum absolute atomic E-state index is 10.7. The van der Waals surface area contributed by atoms with Crippen molar-refractivity contribution in [2.75, 3.05) is 5.32 Å². The molecule has 0 saturated heterocycles. The van der Waals surface area contributed by atoms with E-state index in [1.165, 1.54) is 11.1 Å². The van der Waals surface area contributed by atoms with Gasteiger partial charge >= 0.3 is 5.97 Å². The third kappa shape index (κ3) is 2.85. The second kappa shape index (κ2) is 5.01. The lowest BCUT2D eigenvalue weighted by atomic mass is 10.2. The van der Waals surface area contributed by atoms with E-state index in [0.717, 1.165) is 12.2 Å². The number of aromatic carboxylic acids is 1. The first kappa shape index (κ1) is 11.7. The number of carboxylic acid groups (broad SMARTS) is 1. The molecule has 3 nitrogen and oxygen atoms in total. The average Bonchev–Trinajstić information content (AvgIpc) is 2.73. The molecule has 0 amide bonds. The van der Waals surface area contributed by atoms with Crippen molar-refractivity contribution in [3.05, 3.63) is 51.7 Å². The summed E-state index contributed by atoms with van der Waals surface area (Å²) < 4.78 is 0. The van der Waals surface area contributed by atoms with Gasteiger partial charge in [0.1, 0.15) is 0 Å². The van der Waals surface area contributed by atoms with E-state index in [2.05, 4.69) is 23.0 Å². The zero-order valence-electron chi connectivity index (χ0n) is 9.43. The SMILES string of the molecule is Cc1cscc1CNc1ccc(C(=O)O)cc1. The number of thiophene rings is 1. The Morgan fingerprint density at radius 1 is 1.29 bits per heavy atom. The van der Waals surface area contributed by atoms with Crippen molar-refractivity contribution in [3.8, 4) is 0 Å². The van der Waals surface area contributed by atoms with Gasteiger partial charge in [0.05, 0.1) is 5.56 Å². The van der Waals surface area contributed by atoms with Crippen LogP contribution in [0.2, 0.25) is 0 Å². The predicted octanol–water partition coefficient (Wildman–Crippen LogP) is 3.37. The van der Waals surface area contributed by atoms with Crippen molar-refractivity contribution in [3.63, 3.8) is 0 Å². The number of carbonyl (C=O) groups is 1. The lowest BCUT2D eigenvalue weighted by Gasteiger charge is -2.06. The van der Waals surface area contributed by atoms with E-state index >= 15 is 0 Å². The number of rotatable bonds is 4. The molecule has 2 N–H and O–H groups in total. The molecule has 0 spiro atoms. The van der Waals surface area contributed by atoms with Gasteiger partial charge in [-0.2, -0.15) is 11.3 Å². The fourth-order valence-electron chi connectivity index (χ4n) is 1.50. The van der Waals surface area contributed by atoms with Crippen LogP contribution in [0, 0.1) is 6.92 Å². The molecule has 0 aliphatic carbocycles. The number of anilines is 1. The predicted molar refractivity (Wildman–Crippen MR) is 69.8 cm³/mol. The summed E-state index contributed by atoms with van der Waals surface area (Å²) >= 11 is 1.69. The molecule has 0 aliphatic heterocycles. The fraction of sp³-hybridized carbons (Fsp3) is 0.154. The topological polar surface area (TPSA) is 49.3 Å². The fourth-order valence-corrected chi connectivity index (χ4v) is 2.35. The summed E-state index contributed by atoms with van der Waals surface area (Å²) in [6.45, 7) is 2.85. The molecular formula is C13H13NO2S. The monoisotopic (exact) mass is 247 g/mol. The molecule has 0 unspecified atom stereocenters. The van der Waals surface area contributed by atoms with Gasteiger partial charge in [-0.15, -0.1) is 0 Å². The van der Waals surface area contributed by atoms with E-state index in [4.69, 9.17) is 5.11 Å². The second-order valence-electron chi connectivity index (χ2n) is 3.82. The summed E-state index contributed by atoms with van der Waals surface area (Å²) in [6.07, 6.45) is 0. The standard InChI is InChI=1S/C13H13NO2S/c1-9-7-17-8-11(9)6-14-12-4-2-10(3-5-12)13(15)16/h2-5,7-8,14H,6H2,1H3,(H,15,16). The molecular weight excluding hydrogens is 234 g/mol. The number of hydrogen-bond donors (Lipinski definition) is 2. The van der Waals surface area contributed by atoms with E-state index in [1.807, 2.05) is 0 Å². The highest BCUT2D eigenvalue weighted by Crippen LogP contribution is 2.16. The number of aryl methyl sites for hydroxylation is 1. The van der Waals surface area contributed by atoms with Crippen molar-refractivity contribution in [1.29, 1.82) is 0 Å². The number of nitrogens with one attached hydrogen (secondary N) is 1. The third-order valence-corrected chi connectivity index (χ3v) is 3.49. The minimum Gasteiger partial charge on any atom is -0.478 e. The largest absolute Gasteiger partial charge is 0.478 e. The lowest BCUT2D eigenvalue weighted by Crippen LogP contribution is -2.00.